The molecule has 0 amide bonds. The van der Waals surface area contributed by atoms with Crippen LogP contribution in [0, 0.1) is 5.82 Å². The molecule has 0 aliphatic rings. The van der Waals surface area contributed by atoms with E-state index in [0.717, 1.165) is 11.8 Å². The van der Waals surface area contributed by atoms with E-state index in [9.17, 15) is 21.2 Å². The molecule has 0 fully saturated rings. The van der Waals surface area contributed by atoms with Crippen molar-refractivity contribution in [3.05, 3.63) is 71.7 Å². The van der Waals surface area contributed by atoms with Gasteiger partial charge in [-0.15, -0.1) is 0 Å². The highest BCUT2D eigenvalue weighted by atomic mass is 32.2. The maximum atomic E-state index is 14.3. The number of sulfone groups is 1. The molecule has 0 aliphatic heterocycles. The molecule has 200 valence electrons. The summed E-state index contributed by atoms with van der Waals surface area (Å²) in [4.78, 5) is 8.17. The van der Waals surface area contributed by atoms with Crippen molar-refractivity contribution in [2.75, 3.05) is 35.7 Å². The monoisotopic (exact) mass is 550 g/mol. The van der Waals surface area contributed by atoms with Crippen molar-refractivity contribution in [3.8, 4) is 0 Å². The topological polar surface area (TPSA) is 142 Å². The number of halogens is 1. The zero-order valence-corrected chi connectivity index (χ0v) is 22.3. The summed E-state index contributed by atoms with van der Waals surface area (Å²) < 4.78 is 63.0. The van der Waals surface area contributed by atoms with Crippen molar-refractivity contribution in [1.29, 1.82) is 0 Å². The zero-order valence-electron chi connectivity index (χ0n) is 20.7. The third-order valence-electron chi connectivity index (χ3n) is 5.42. The molecule has 0 aliphatic carbocycles. The van der Waals surface area contributed by atoms with Gasteiger partial charge in [0.2, 0.25) is 16.0 Å². The highest BCUT2D eigenvalue weighted by molar-refractivity contribution is 7.91. The van der Waals surface area contributed by atoms with Crippen molar-refractivity contribution in [2.45, 2.75) is 25.6 Å². The van der Waals surface area contributed by atoms with Crippen LogP contribution in [-0.2, 0) is 32.2 Å². The fourth-order valence-electron chi connectivity index (χ4n) is 3.26. The van der Waals surface area contributed by atoms with E-state index in [1.807, 2.05) is 12.1 Å². The van der Waals surface area contributed by atoms with Crippen LogP contribution in [0.4, 0.5) is 27.5 Å². The van der Waals surface area contributed by atoms with Gasteiger partial charge in [-0.2, -0.15) is 4.98 Å². The number of benzene rings is 2. The van der Waals surface area contributed by atoms with Crippen LogP contribution in [0.2, 0.25) is 0 Å². The number of anilines is 4. The van der Waals surface area contributed by atoms with Crippen molar-refractivity contribution in [2.24, 2.45) is 0 Å². The molecule has 0 unspecified atom stereocenters. The van der Waals surface area contributed by atoms with Gasteiger partial charge in [-0.05, 0) is 55.4 Å². The predicted octanol–water partition coefficient (Wildman–Crippen LogP) is 3.07. The molecule has 1 aromatic heterocycles. The van der Waals surface area contributed by atoms with Gasteiger partial charge in [0.1, 0.15) is 9.84 Å². The average Bonchev–Trinajstić information content (AvgIpc) is 2.88. The molecule has 4 N–H and O–H groups in total. The second-order valence-electron chi connectivity index (χ2n) is 8.26. The van der Waals surface area contributed by atoms with Gasteiger partial charge in [-0.3, -0.25) is 0 Å². The van der Waals surface area contributed by atoms with Crippen molar-refractivity contribution < 1.29 is 21.2 Å². The van der Waals surface area contributed by atoms with E-state index in [4.69, 9.17) is 0 Å². The third kappa shape index (κ3) is 9.35. The smallest absolute Gasteiger partial charge is 0.229 e. The molecule has 0 saturated heterocycles. The summed E-state index contributed by atoms with van der Waals surface area (Å²) in [5.41, 5.74) is 2.87. The van der Waals surface area contributed by atoms with E-state index in [2.05, 4.69) is 30.6 Å². The summed E-state index contributed by atoms with van der Waals surface area (Å²) in [6.07, 6.45) is 1.62. The van der Waals surface area contributed by atoms with E-state index in [0.29, 0.717) is 36.4 Å². The Kier molecular flexibility index (Phi) is 9.92. The SMILES string of the molecule is CCS(=O)(=O)CCCNCc1ccc(Nc2nc(Nc3ccc(CS(=O)(=O)NC)cc3)ncc2F)cc1. The Labute approximate surface area is 217 Å². The number of nitrogens with one attached hydrogen (secondary N) is 4. The number of hydrogen-bond acceptors (Lipinski definition) is 9. The maximum Gasteiger partial charge on any atom is 0.229 e. The van der Waals surface area contributed by atoms with Crippen LogP contribution in [0.25, 0.3) is 0 Å². The Morgan fingerprint density at radius 3 is 2.14 bits per heavy atom. The van der Waals surface area contributed by atoms with Crippen LogP contribution in [0.5, 0.6) is 0 Å². The average molecular weight is 551 g/mol. The standard InChI is InChI=1S/C24H31FN6O4S2/c1-3-36(32,33)14-4-13-27-15-18-5-9-20(10-6-18)29-23-22(25)16-28-24(31-23)30-21-11-7-19(8-12-21)17-37(34,35)26-2/h5-12,16,26-27H,3-4,13-15,17H2,1-2H3,(H2,28,29,30,31). The van der Waals surface area contributed by atoms with Gasteiger partial charge in [0.05, 0.1) is 17.7 Å². The lowest BCUT2D eigenvalue weighted by Crippen LogP contribution is -2.20. The molecule has 0 bridgehead atoms. The summed E-state index contributed by atoms with van der Waals surface area (Å²) in [6.45, 7) is 2.83. The molecule has 0 atom stereocenters. The van der Waals surface area contributed by atoms with Crippen LogP contribution in [0.15, 0.2) is 54.7 Å². The van der Waals surface area contributed by atoms with Crippen molar-refractivity contribution >= 4 is 43.0 Å². The summed E-state index contributed by atoms with van der Waals surface area (Å²) in [6, 6.07) is 14.1. The molecule has 1 heterocycles. The summed E-state index contributed by atoms with van der Waals surface area (Å²) in [5, 5.41) is 9.13. The van der Waals surface area contributed by atoms with Gasteiger partial charge in [0.15, 0.2) is 11.6 Å². The number of hydrogen-bond donors (Lipinski definition) is 4. The number of rotatable bonds is 14. The molecular weight excluding hydrogens is 519 g/mol. The lowest BCUT2D eigenvalue weighted by Gasteiger charge is -2.11. The normalized spacial score (nSPS) is 11.9. The van der Waals surface area contributed by atoms with Gasteiger partial charge in [0, 0.05) is 23.7 Å². The number of sulfonamides is 1. The second kappa shape index (κ2) is 12.9. The van der Waals surface area contributed by atoms with Crippen LogP contribution >= 0.6 is 0 Å². The quantitative estimate of drug-likeness (QED) is 0.223. The zero-order chi connectivity index (χ0) is 26.9. The first kappa shape index (κ1) is 28.4. The molecule has 0 saturated carbocycles. The third-order valence-corrected chi connectivity index (χ3v) is 8.54. The van der Waals surface area contributed by atoms with Gasteiger partial charge in [-0.25, -0.2) is 30.9 Å². The van der Waals surface area contributed by atoms with Crippen molar-refractivity contribution in [3.63, 3.8) is 0 Å². The Morgan fingerprint density at radius 1 is 0.892 bits per heavy atom. The Balaban J connectivity index is 1.55. The highest BCUT2D eigenvalue weighted by Gasteiger charge is 2.11. The summed E-state index contributed by atoms with van der Waals surface area (Å²) >= 11 is 0. The first-order valence-electron chi connectivity index (χ1n) is 11.7. The Bertz CT molecular complexity index is 1380. The first-order chi connectivity index (χ1) is 17.6. The molecule has 0 radical (unpaired) electrons. The molecular formula is C24H31FN6O4S2. The molecule has 13 heteroatoms. The van der Waals surface area contributed by atoms with Gasteiger partial charge >= 0.3 is 0 Å². The van der Waals surface area contributed by atoms with Gasteiger partial charge in [-0.1, -0.05) is 31.2 Å². The fraction of sp³-hybridized carbons (Fsp3) is 0.333. The van der Waals surface area contributed by atoms with Crippen LogP contribution < -0.4 is 20.7 Å². The fourth-order valence-corrected chi connectivity index (χ4v) is 4.91. The number of nitrogens with zero attached hydrogens (tertiary/aromatic N) is 2. The van der Waals surface area contributed by atoms with Crippen LogP contribution in [-0.4, -0.2) is 51.9 Å². The van der Waals surface area contributed by atoms with E-state index >= 15 is 0 Å². The van der Waals surface area contributed by atoms with Crippen molar-refractivity contribution in [1.82, 2.24) is 20.0 Å². The lowest BCUT2D eigenvalue weighted by molar-refractivity contribution is 0.586. The predicted molar refractivity (Wildman–Crippen MR) is 144 cm³/mol. The molecule has 2 aromatic carbocycles. The van der Waals surface area contributed by atoms with E-state index in [-0.39, 0.29) is 29.0 Å². The number of aromatic nitrogens is 2. The van der Waals surface area contributed by atoms with E-state index < -0.39 is 25.7 Å². The Hall–Kier alpha value is -3.13. The highest BCUT2D eigenvalue weighted by Crippen LogP contribution is 2.21. The molecule has 10 nitrogen and oxygen atoms in total. The van der Waals surface area contributed by atoms with Crippen LogP contribution in [0.1, 0.15) is 24.5 Å². The molecule has 3 aromatic rings. The molecule has 37 heavy (non-hydrogen) atoms. The largest absolute Gasteiger partial charge is 0.338 e. The second-order valence-corrected chi connectivity index (χ2v) is 12.7. The minimum atomic E-state index is -3.37. The van der Waals surface area contributed by atoms with Gasteiger partial charge in [0.25, 0.3) is 0 Å². The first-order valence-corrected chi connectivity index (χ1v) is 15.1. The maximum absolute atomic E-state index is 14.3. The van der Waals surface area contributed by atoms with E-state index in [1.165, 1.54) is 7.05 Å². The lowest BCUT2D eigenvalue weighted by atomic mass is 10.2. The summed E-state index contributed by atoms with van der Waals surface area (Å²) in [7, 11) is -4.95. The summed E-state index contributed by atoms with van der Waals surface area (Å²) in [5.74, 6) is -0.255. The molecule has 0 spiro atoms. The minimum Gasteiger partial charge on any atom is -0.338 e. The molecule has 3 rings (SSSR count). The Morgan fingerprint density at radius 2 is 1.51 bits per heavy atom. The van der Waals surface area contributed by atoms with Crippen LogP contribution in [0.3, 0.4) is 0 Å². The van der Waals surface area contributed by atoms with E-state index in [1.54, 1.807) is 43.3 Å². The van der Waals surface area contributed by atoms with Gasteiger partial charge < -0.3 is 16.0 Å². The minimum absolute atomic E-state index is 0.00255.